The SMILES string of the molecule is CC(C)(C)NCc1nnc(-c2ccc(Cl)c(Br)c2)s1. The van der Waals surface area contributed by atoms with Gasteiger partial charge in [-0.1, -0.05) is 29.0 Å². The normalized spacial score (nSPS) is 11.8. The summed E-state index contributed by atoms with van der Waals surface area (Å²) in [6, 6.07) is 5.77. The summed E-state index contributed by atoms with van der Waals surface area (Å²) in [4.78, 5) is 0. The third kappa shape index (κ3) is 4.24. The molecule has 3 nitrogen and oxygen atoms in total. The van der Waals surface area contributed by atoms with Crippen LogP contribution in [0.25, 0.3) is 10.6 Å². The summed E-state index contributed by atoms with van der Waals surface area (Å²) in [6.07, 6.45) is 0. The van der Waals surface area contributed by atoms with Crippen molar-refractivity contribution in [1.29, 1.82) is 0 Å². The number of rotatable bonds is 3. The molecule has 1 N–H and O–H groups in total. The minimum Gasteiger partial charge on any atom is -0.306 e. The van der Waals surface area contributed by atoms with E-state index in [4.69, 9.17) is 11.6 Å². The maximum atomic E-state index is 5.98. The molecule has 1 heterocycles. The minimum atomic E-state index is 0.0785. The number of nitrogens with zero attached hydrogens (tertiary/aromatic N) is 2. The van der Waals surface area contributed by atoms with Crippen molar-refractivity contribution in [1.82, 2.24) is 15.5 Å². The van der Waals surface area contributed by atoms with Crippen LogP contribution < -0.4 is 5.32 Å². The zero-order chi connectivity index (χ0) is 14.0. The minimum absolute atomic E-state index is 0.0785. The molecule has 0 atom stereocenters. The van der Waals surface area contributed by atoms with Crippen molar-refractivity contribution >= 4 is 38.9 Å². The molecule has 0 amide bonds. The van der Waals surface area contributed by atoms with Crippen LogP contribution in [-0.4, -0.2) is 15.7 Å². The van der Waals surface area contributed by atoms with Gasteiger partial charge in [0, 0.05) is 15.6 Å². The van der Waals surface area contributed by atoms with Crippen molar-refractivity contribution in [3.63, 3.8) is 0 Å². The van der Waals surface area contributed by atoms with Crippen LogP contribution in [0.1, 0.15) is 25.8 Å². The molecule has 0 bridgehead atoms. The highest BCUT2D eigenvalue weighted by atomic mass is 79.9. The van der Waals surface area contributed by atoms with Crippen molar-refractivity contribution in [3.05, 3.63) is 32.7 Å². The largest absolute Gasteiger partial charge is 0.306 e. The Labute approximate surface area is 130 Å². The summed E-state index contributed by atoms with van der Waals surface area (Å²) >= 11 is 11.0. The molecular formula is C13H15BrClN3S. The maximum absolute atomic E-state index is 5.98. The lowest BCUT2D eigenvalue weighted by atomic mass is 10.1. The highest BCUT2D eigenvalue weighted by Crippen LogP contribution is 2.30. The summed E-state index contributed by atoms with van der Waals surface area (Å²) in [5.41, 5.74) is 1.10. The summed E-state index contributed by atoms with van der Waals surface area (Å²) in [5.74, 6) is 0. The van der Waals surface area contributed by atoms with Gasteiger partial charge in [-0.2, -0.15) is 0 Å². The molecular weight excluding hydrogens is 346 g/mol. The number of nitrogens with one attached hydrogen (secondary N) is 1. The van der Waals surface area contributed by atoms with Crippen molar-refractivity contribution in [3.8, 4) is 10.6 Å². The van der Waals surface area contributed by atoms with E-state index in [0.717, 1.165) is 26.6 Å². The zero-order valence-electron chi connectivity index (χ0n) is 11.0. The lowest BCUT2D eigenvalue weighted by molar-refractivity contribution is 0.423. The van der Waals surface area contributed by atoms with Crippen LogP contribution in [0.4, 0.5) is 0 Å². The zero-order valence-corrected chi connectivity index (χ0v) is 14.2. The fraction of sp³-hybridized carbons (Fsp3) is 0.385. The standard InChI is InChI=1S/C13H15BrClN3S/c1-13(2,3)16-7-11-17-18-12(19-11)8-4-5-10(15)9(14)6-8/h4-6,16H,7H2,1-3H3. The highest BCUT2D eigenvalue weighted by Gasteiger charge is 2.12. The third-order valence-electron chi connectivity index (χ3n) is 2.40. The second-order valence-electron chi connectivity index (χ2n) is 5.23. The topological polar surface area (TPSA) is 37.8 Å². The molecule has 0 spiro atoms. The Morgan fingerprint density at radius 1 is 1.32 bits per heavy atom. The Bertz CT molecular complexity index is 578. The summed E-state index contributed by atoms with van der Waals surface area (Å²) in [6.45, 7) is 7.12. The van der Waals surface area contributed by atoms with E-state index in [2.05, 4.69) is 52.2 Å². The van der Waals surface area contributed by atoms with Crippen molar-refractivity contribution in [2.45, 2.75) is 32.9 Å². The molecule has 102 valence electrons. The number of hydrogen-bond donors (Lipinski definition) is 1. The first kappa shape index (κ1) is 14.9. The van der Waals surface area contributed by atoms with Gasteiger partial charge in [-0.3, -0.25) is 0 Å². The number of aromatic nitrogens is 2. The number of halogens is 2. The van der Waals surface area contributed by atoms with E-state index >= 15 is 0 Å². The summed E-state index contributed by atoms with van der Waals surface area (Å²) in [5, 5.41) is 14.4. The second-order valence-corrected chi connectivity index (χ2v) is 7.56. The summed E-state index contributed by atoms with van der Waals surface area (Å²) in [7, 11) is 0. The molecule has 0 saturated heterocycles. The van der Waals surface area contributed by atoms with Gasteiger partial charge < -0.3 is 5.32 Å². The van der Waals surface area contributed by atoms with Gasteiger partial charge in [0.15, 0.2) is 0 Å². The van der Waals surface area contributed by atoms with E-state index in [0.29, 0.717) is 5.02 Å². The average Bonchev–Trinajstić information content (AvgIpc) is 2.78. The third-order valence-corrected chi connectivity index (χ3v) is 4.59. The Morgan fingerprint density at radius 3 is 2.68 bits per heavy atom. The number of hydrogen-bond acceptors (Lipinski definition) is 4. The van der Waals surface area contributed by atoms with E-state index in [1.54, 1.807) is 11.3 Å². The van der Waals surface area contributed by atoms with Crippen molar-refractivity contribution < 1.29 is 0 Å². The molecule has 0 aliphatic heterocycles. The molecule has 1 aromatic heterocycles. The van der Waals surface area contributed by atoms with E-state index in [1.165, 1.54) is 0 Å². The van der Waals surface area contributed by atoms with Gasteiger partial charge in [0.2, 0.25) is 0 Å². The van der Waals surface area contributed by atoms with Gasteiger partial charge in [-0.05, 0) is 48.8 Å². The van der Waals surface area contributed by atoms with Gasteiger partial charge in [0.05, 0.1) is 11.6 Å². The van der Waals surface area contributed by atoms with E-state index in [9.17, 15) is 0 Å². The van der Waals surface area contributed by atoms with E-state index in [-0.39, 0.29) is 5.54 Å². The van der Waals surface area contributed by atoms with Gasteiger partial charge in [0.25, 0.3) is 0 Å². The van der Waals surface area contributed by atoms with Gasteiger partial charge in [0.1, 0.15) is 10.0 Å². The molecule has 2 rings (SSSR count). The molecule has 19 heavy (non-hydrogen) atoms. The maximum Gasteiger partial charge on any atom is 0.147 e. The first-order chi connectivity index (χ1) is 8.85. The molecule has 0 aliphatic carbocycles. The molecule has 0 fully saturated rings. The molecule has 0 saturated carbocycles. The summed E-state index contributed by atoms with van der Waals surface area (Å²) < 4.78 is 0.872. The fourth-order valence-electron chi connectivity index (χ4n) is 1.41. The predicted octanol–water partition coefficient (Wildman–Crippen LogP) is 4.51. The average molecular weight is 361 g/mol. The van der Waals surface area contributed by atoms with Crippen LogP contribution in [0.15, 0.2) is 22.7 Å². The first-order valence-corrected chi connectivity index (χ1v) is 7.87. The van der Waals surface area contributed by atoms with Crippen LogP contribution in [0.5, 0.6) is 0 Å². The van der Waals surface area contributed by atoms with Crippen LogP contribution in [0.3, 0.4) is 0 Å². The molecule has 0 aliphatic rings. The lowest BCUT2D eigenvalue weighted by Gasteiger charge is -2.19. The van der Waals surface area contributed by atoms with Crippen LogP contribution >= 0.6 is 38.9 Å². The van der Waals surface area contributed by atoms with E-state index < -0.39 is 0 Å². The Balaban J connectivity index is 2.14. The van der Waals surface area contributed by atoms with Gasteiger partial charge in [-0.15, -0.1) is 10.2 Å². The molecule has 6 heteroatoms. The van der Waals surface area contributed by atoms with Crippen LogP contribution in [-0.2, 0) is 6.54 Å². The molecule has 0 unspecified atom stereocenters. The molecule has 1 aromatic carbocycles. The van der Waals surface area contributed by atoms with Gasteiger partial charge in [-0.25, -0.2) is 0 Å². The second kappa shape index (κ2) is 5.87. The number of benzene rings is 1. The smallest absolute Gasteiger partial charge is 0.147 e. The Morgan fingerprint density at radius 2 is 2.05 bits per heavy atom. The fourth-order valence-corrected chi connectivity index (χ4v) is 2.68. The predicted molar refractivity (Wildman–Crippen MR) is 84.6 cm³/mol. The Kier molecular flexibility index (Phi) is 4.61. The molecule has 0 radical (unpaired) electrons. The Hall–Kier alpha value is -0.490. The van der Waals surface area contributed by atoms with Crippen molar-refractivity contribution in [2.24, 2.45) is 0 Å². The highest BCUT2D eigenvalue weighted by molar-refractivity contribution is 9.10. The molecule has 2 aromatic rings. The monoisotopic (exact) mass is 359 g/mol. The van der Waals surface area contributed by atoms with Crippen LogP contribution in [0.2, 0.25) is 5.02 Å². The quantitative estimate of drug-likeness (QED) is 0.875. The first-order valence-electron chi connectivity index (χ1n) is 5.88. The van der Waals surface area contributed by atoms with Crippen LogP contribution in [0, 0.1) is 0 Å². The van der Waals surface area contributed by atoms with E-state index in [1.807, 2.05) is 18.2 Å². The lowest BCUT2D eigenvalue weighted by Crippen LogP contribution is -2.35. The van der Waals surface area contributed by atoms with Crippen molar-refractivity contribution in [2.75, 3.05) is 0 Å². The van der Waals surface area contributed by atoms with Gasteiger partial charge >= 0.3 is 0 Å².